The number of aromatic nitrogens is 4. The molecule has 0 spiro atoms. The molecule has 1 atom stereocenters. The molecule has 0 fully saturated rings. The fraction of sp³-hybridized carbons (Fsp3) is 0.125. The highest BCUT2D eigenvalue weighted by molar-refractivity contribution is 6.08. The second-order valence-electron chi connectivity index (χ2n) is 9.54. The fourth-order valence-corrected chi connectivity index (χ4v) is 5.52. The predicted octanol–water partition coefficient (Wildman–Crippen LogP) is 8.18. The molecule has 1 unspecified atom stereocenters. The molecule has 3 aromatic carbocycles. The molecule has 0 N–H and O–H groups in total. The summed E-state index contributed by atoms with van der Waals surface area (Å²) in [5.74, 6) is 0.432. The Balaban J connectivity index is 1.60. The van der Waals surface area contributed by atoms with Crippen LogP contribution >= 0.6 is 0 Å². The van der Waals surface area contributed by atoms with E-state index in [-0.39, 0.29) is 0 Å². The van der Waals surface area contributed by atoms with Crippen LogP contribution < -0.4 is 0 Å². The monoisotopic (exact) mass is 466 g/mol. The number of nitrogens with zero attached hydrogens (tertiary/aromatic N) is 4. The van der Waals surface area contributed by atoms with Crippen molar-refractivity contribution in [3.8, 4) is 11.4 Å². The average molecular weight is 467 g/mol. The van der Waals surface area contributed by atoms with Crippen molar-refractivity contribution in [2.45, 2.75) is 26.2 Å². The number of pyridine rings is 2. The first-order chi connectivity index (χ1) is 17.7. The van der Waals surface area contributed by atoms with Gasteiger partial charge in [0.05, 0.1) is 33.1 Å². The van der Waals surface area contributed by atoms with Gasteiger partial charge < -0.3 is 9.13 Å². The minimum atomic E-state index is 0.432. The van der Waals surface area contributed by atoms with Crippen LogP contribution in [0.3, 0.4) is 0 Å². The molecule has 36 heavy (non-hydrogen) atoms. The lowest BCUT2D eigenvalue weighted by Gasteiger charge is -2.18. The van der Waals surface area contributed by atoms with Crippen LogP contribution in [0.1, 0.15) is 31.7 Å². The zero-order valence-electron chi connectivity index (χ0n) is 20.4. The van der Waals surface area contributed by atoms with Crippen LogP contribution in [0.4, 0.5) is 0 Å². The summed E-state index contributed by atoms with van der Waals surface area (Å²) in [5, 5.41) is 2.34. The van der Waals surface area contributed by atoms with Crippen molar-refractivity contribution in [2.75, 3.05) is 0 Å². The van der Waals surface area contributed by atoms with Crippen molar-refractivity contribution in [1.82, 2.24) is 19.1 Å². The highest BCUT2D eigenvalue weighted by Crippen LogP contribution is 2.36. The summed E-state index contributed by atoms with van der Waals surface area (Å²) >= 11 is 0. The number of benzene rings is 3. The van der Waals surface area contributed by atoms with Crippen LogP contribution in [-0.4, -0.2) is 19.1 Å². The summed E-state index contributed by atoms with van der Waals surface area (Å²) in [6, 6.07) is 32.5. The summed E-state index contributed by atoms with van der Waals surface area (Å²) in [5.41, 5.74) is 10.3. The second-order valence-corrected chi connectivity index (χ2v) is 9.54. The molecular formula is C32H26N4. The average Bonchev–Trinajstić information content (AvgIpc) is 3.45. The maximum absolute atomic E-state index is 4.75. The van der Waals surface area contributed by atoms with Crippen molar-refractivity contribution in [1.29, 1.82) is 0 Å². The second kappa shape index (κ2) is 8.06. The van der Waals surface area contributed by atoms with Crippen LogP contribution in [0.25, 0.3) is 55.2 Å². The molecular weight excluding hydrogens is 440 g/mol. The van der Waals surface area contributed by atoms with E-state index < -0.39 is 0 Å². The zero-order valence-corrected chi connectivity index (χ0v) is 20.4. The van der Waals surface area contributed by atoms with E-state index in [2.05, 4.69) is 102 Å². The van der Waals surface area contributed by atoms with E-state index >= 15 is 0 Å². The van der Waals surface area contributed by atoms with Gasteiger partial charge in [-0.3, -0.25) is 9.97 Å². The van der Waals surface area contributed by atoms with E-state index in [1.165, 1.54) is 27.4 Å². The van der Waals surface area contributed by atoms with Crippen molar-refractivity contribution in [3.63, 3.8) is 0 Å². The van der Waals surface area contributed by atoms with Gasteiger partial charge in [-0.25, -0.2) is 0 Å². The standard InChI is InChI=1S/C32H26N4/c1-3-21(2)22-18-23(35-27-12-6-4-10-25(27)31-29(35)14-8-16-33-31)20-24(19-22)36-28-13-7-5-11-26(28)32-30(36)15-9-17-34-32/h4-21H,3H2,1-2H3. The third kappa shape index (κ3) is 3.01. The molecule has 4 heterocycles. The van der Waals surface area contributed by atoms with E-state index in [9.17, 15) is 0 Å². The van der Waals surface area contributed by atoms with Gasteiger partial charge in [-0.05, 0) is 72.5 Å². The molecule has 7 rings (SSSR count). The Morgan fingerprint density at radius 1 is 0.611 bits per heavy atom. The van der Waals surface area contributed by atoms with Gasteiger partial charge in [0.25, 0.3) is 0 Å². The van der Waals surface area contributed by atoms with Gasteiger partial charge in [-0.15, -0.1) is 0 Å². The fourth-order valence-electron chi connectivity index (χ4n) is 5.52. The minimum absolute atomic E-state index is 0.432. The Bertz CT molecular complexity index is 1670. The topological polar surface area (TPSA) is 35.6 Å². The number of para-hydroxylation sites is 2. The van der Waals surface area contributed by atoms with E-state index in [4.69, 9.17) is 9.97 Å². The third-order valence-electron chi connectivity index (χ3n) is 7.48. The molecule has 0 aliphatic rings. The molecule has 0 aliphatic carbocycles. The summed E-state index contributed by atoms with van der Waals surface area (Å²) < 4.78 is 4.72. The molecule has 4 heteroatoms. The molecule has 0 aliphatic heterocycles. The third-order valence-corrected chi connectivity index (χ3v) is 7.48. The first-order valence-corrected chi connectivity index (χ1v) is 12.6. The van der Waals surface area contributed by atoms with Crippen LogP contribution in [0.2, 0.25) is 0 Å². The molecule has 0 radical (unpaired) electrons. The maximum Gasteiger partial charge on any atom is 0.0963 e. The van der Waals surface area contributed by atoms with Gasteiger partial charge in [-0.2, -0.15) is 0 Å². The normalized spacial score (nSPS) is 12.7. The highest BCUT2D eigenvalue weighted by atomic mass is 15.0. The zero-order chi connectivity index (χ0) is 24.2. The lowest BCUT2D eigenvalue weighted by atomic mass is 9.97. The van der Waals surface area contributed by atoms with Crippen LogP contribution in [0, 0.1) is 0 Å². The first kappa shape index (κ1) is 20.9. The highest BCUT2D eigenvalue weighted by Gasteiger charge is 2.18. The Labute approximate surface area is 209 Å². The molecule has 4 nitrogen and oxygen atoms in total. The van der Waals surface area contributed by atoms with Gasteiger partial charge in [0, 0.05) is 34.5 Å². The predicted molar refractivity (Wildman–Crippen MR) is 149 cm³/mol. The minimum Gasteiger partial charge on any atom is -0.308 e. The molecule has 4 aromatic heterocycles. The quantitative estimate of drug-likeness (QED) is 0.262. The van der Waals surface area contributed by atoms with Crippen LogP contribution in [0.5, 0.6) is 0 Å². The van der Waals surface area contributed by atoms with Crippen molar-refractivity contribution >= 4 is 43.9 Å². The van der Waals surface area contributed by atoms with E-state index in [1.54, 1.807) is 0 Å². The van der Waals surface area contributed by atoms with Gasteiger partial charge in [0.2, 0.25) is 0 Å². The van der Waals surface area contributed by atoms with Crippen molar-refractivity contribution in [3.05, 3.63) is 109 Å². The lowest BCUT2D eigenvalue weighted by Crippen LogP contribution is -2.03. The van der Waals surface area contributed by atoms with E-state index in [1.807, 2.05) is 24.5 Å². The molecule has 0 saturated heterocycles. The largest absolute Gasteiger partial charge is 0.308 e. The Morgan fingerprint density at radius 2 is 1.08 bits per heavy atom. The van der Waals surface area contributed by atoms with Crippen LogP contribution in [-0.2, 0) is 0 Å². The number of fused-ring (bicyclic) bond motifs is 6. The van der Waals surface area contributed by atoms with E-state index in [0.29, 0.717) is 5.92 Å². The number of hydrogen-bond donors (Lipinski definition) is 0. The van der Waals surface area contributed by atoms with Gasteiger partial charge >= 0.3 is 0 Å². The lowest BCUT2D eigenvalue weighted by molar-refractivity contribution is 0.732. The Morgan fingerprint density at radius 3 is 1.58 bits per heavy atom. The summed E-state index contributed by atoms with van der Waals surface area (Å²) in [7, 11) is 0. The molecule has 0 bridgehead atoms. The van der Waals surface area contributed by atoms with E-state index in [0.717, 1.165) is 39.9 Å². The molecule has 0 amide bonds. The number of rotatable bonds is 4. The first-order valence-electron chi connectivity index (χ1n) is 12.6. The summed E-state index contributed by atoms with van der Waals surface area (Å²) in [4.78, 5) is 9.50. The summed E-state index contributed by atoms with van der Waals surface area (Å²) in [6.07, 6.45) is 4.84. The van der Waals surface area contributed by atoms with Gasteiger partial charge in [0.1, 0.15) is 0 Å². The molecule has 0 saturated carbocycles. The van der Waals surface area contributed by atoms with Gasteiger partial charge in [0.15, 0.2) is 0 Å². The molecule has 174 valence electrons. The van der Waals surface area contributed by atoms with Crippen molar-refractivity contribution < 1.29 is 0 Å². The number of hydrogen-bond acceptors (Lipinski definition) is 2. The van der Waals surface area contributed by atoms with Crippen molar-refractivity contribution in [2.24, 2.45) is 0 Å². The smallest absolute Gasteiger partial charge is 0.0963 e. The SMILES string of the molecule is CCC(C)c1cc(-n2c3ccccc3c3ncccc32)cc(-n2c3ccccc3c3ncccc32)c1. The Hall–Kier alpha value is -4.44. The molecule has 7 aromatic rings. The Kier molecular flexibility index (Phi) is 4.68. The van der Waals surface area contributed by atoms with Crippen LogP contribution in [0.15, 0.2) is 103 Å². The summed E-state index contributed by atoms with van der Waals surface area (Å²) in [6.45, 7) is 4.56. The van der Waals surface area contributed by atoms with Gasteiger partial charge in [-0.1, -0.05) is 50.2 Å². The maximum atomic E-state index is 4.75.